The van der Waals surface area contributed by atoms with Gasteiger partial charge in [0.05, 0.1) is 0 Å². The molecule has 0 aliphatic carbocycles. The van der Waals surface area contributed by atoms with Crippen molar-refractivity contribution in [3.8, 4) is 0 Å². The molecule has 0 aliphatic rings. The molecule has 70 heavy (non-hydrogen) atoms. The Morgan fingerprint density at radius 1 is 0.414 bits per heavy atom. The zero-order chi connectivity index (χ0) is 51.2. The molecule has 0 unspecified atom stereocenters. The molecule has 0 atom stereocenters. The number of carboxylic acids is 2. The van der Waals surface area contributed by atoms with Crippen LogP contribution in [-0.2, 0) is 19.1 Å². The lowest BCUT2D eigenvalue weighted by Crippen LogP contribution is -2.40. The summed E-state index contributed by atoms with van der Waals surface area (Å²) >= 11 is 0. The standard InChI is InChI=1S/C61H116N2O7/c1-5-62(6-2)53-54-63(57(3)4)55-56-69-61(68)70-58(49-45-41-37-33-29-25-21-17-13-9-7-11-15-19-23-27-31-35-39-43-47-51-59(64)65)50-46-42-38-34-30-26-22-18-14-10-8-12-16-20-24-28-32-36-40-44-48-52-60(66)67/h19-20,23-24,57-58H,5-18,21-22,25-56H2,1-4H3,(H,64,65)(H,66,67)/b23-19-,24-20-. The average molecular weight is 990 g/mol. The van der Waals surface area contributed by atoms with Crippen molar-refractivity contribution < 1.29 is 34.1 Å². The van der Waals surface area contributed by atoms with Crippen molar-refractivity contribution in [1.29, 1.82) is 0 Å². The zero-order valence-electron chi connectivity index (χ0n) is 46.7. The summed E-state index contributed by atoms with van der Waals surface area (Å²) in [6.45, 7) is 14.1. The fraction of sp³-hybridized carbons (Fsp3) is 0.885. The van der Waals surface area contributed by atoms with Crippen LogP contribution in [0.4, 0.5) is 4.79 Å². The van der Waals surface area contributed by atoms with Gasteiger partial charge in [0.2, 0.25) is 0 Å². The third kappa shape index (κ3) is 51.9. The first kappa shape index (κ1) is 67.6. The lowest BCUT2D eigenvalue weighted by molar-refractivity contribution is -0.138. The first-order chi connectivity index (χ1) is 34.2. The highest BCUT2D eigenvalue weighted by Gasteiger charge is 2.17. The molecule has 412 valence electrons. The number of carbonyl (C=O) groups is 3. The number of hydrogen-bond acceptors (Lipinski definition) is 7. The maximum absolute atomic E-state index is 12.9. The molecule has 0 bridgehead atoms. The van der Waals surface area contributed by atoms with Gasteiger partial charge in [0.1, 0.15) is 12.7 Å². The van der Waals surface area contributed by atoms with Crippen molar-refractivity contribution in [2.45, 2.75) is 310 Å². The van der Waals surface area contributed by atoms with Gasteiger partial charge in [-0.2, -0.15) is 0 Å². The molecular weight excluding hydrogens is 873 g/mol. The molecule has 0 radical (unpaired) electrons. The normalized spacial score (nSPS) is 12.0. The molecule has 0 amide bonds. The number of likely N-dealkylation sites (N-methyl/N-ethyl adjacent to an activating group) is 1. The van der Waals surface area contributed by atoms with Gasteiger partial charge >= 0.3 is 18.1 Å². The largest absolute Gasteiger partial charge is 0.508 e. The Kier molecular flexibility index (Phi) is 52.5. The second kappa shape index (κ2) is 54.4. The number of allylic oxidation sites excluding steroid dienone is 4. The molecule has 9 heteroatoms. The Morgan fingerprint density at radius 2 is 0.714 bits per heavy atom. The number of aliphatic carboxylic acids is 2. The van der Waals surface area contributed by atoms with Gasteiger partial charge in [-0.05, 0) is 117 Å². The molecule has 0 aromatic carbocycles. The molecule has 0 heterocycles. The number of ether oxygens (including phenoxy) is 2. The lowest BCUT2D eigenvalue weighted by Gasteiger charge is -2.29. The molecule has 9 nitrogen and oxygen atoms in total. The van der Waals surface area contributed by atoms with Gasteiger partial charge in [0, 0.05) is 38.5 Å². The zero-order valence-corrected chi connectivity index (χ0v) is 46.7. The van der Waals surface area contributed by atoms with E-state index in [1.165, 1.54) is 180 Å². The third-order valence-electron chi connectivity index (χ3n) is 14.3. The highest BCUT2D eigenvalue weighted by Crippen LogP contribution is 2.20. The monoisotopic (exact) mass is 989 g/mol. The minimum Gasteiger partial charge on any atom is -0.481 e. The topological polar surface area (TPSA) is 117 Å². The summed E-state index contributed by atoms with van der Waals surface area (Å²) in [6.07, 6.45) is 58.5. The Bertz CT molecular complexity index is 1120. The maximum Gasteiger partial charge on any atom is 0.508 e. The molecule has 0 aromatic heterocycles. The summed E-state index contributed by atoms with van der Waals surface area (Å²) in [5.74, 6) is -1.35. The van der Waals surface area contributed by atoms with Gasteiger partial charge < -0.3 is 24.6 Å². The highest BCUT2D eigenvalue weighted by molar-refractivity contribution is 5.66. The van der Waals surface area contributed by atoms with Crippen molar-refractivity contribution in [2.75, 3.05) is 39.3 Å². The number of carboxylic acid groups (broad SMARTS) is 2. The number of hydrogen-bond donors (Lipinski definition) is 2. The average Bonchev–Trinajstić information content (AvgIpc) is 3.33. The van der Waals surface area contributed by atoms with Crippen LogP contribution < -0.4 is 0 Å². The van der Waals surface area contributed by atoms with Crippen molar-refractivity contribution >= 4 is 18.1 Å². The van der Waals surface area contributed by atoms with E-state index < -0.39 is 18.1 Å². The van der Waals surface area contributed by atoms with Gasteiger partial charge in [-0.3, -0.25) is 14.5 Å². The van der Waals surface area contributed by atoms with Crippen LogP contribution in [0.25, 0.3) is 0 Å². The van der Waals surface area contributed by atoms with Gasteiger partial charge in [0.15, 0.2) is 0 Å². The minimum absolute atomic E-state index is 0.0400. The predicted molar refractivity (Wildman–Crippen MR) is 298 cm³/mol. The van der Waals surface area contributed by atoms with Crippen LogP contribution in [0.2, 0.25) is 0 Å². The first-order valence-corrected chi connectivity index (χ1v) is 30.2. The molecule has 2 N–H and O–H groups in total. The van der Waals surface area contributed by atoms with E-state index >= 15 is 0 Å². The minimum atomic E-state index is -0.674. The Labute approximate surface area is 433 Å². The summed E-state index contributed by atoms with van der Waals surface area (Å²) in [5.41, 5.74) is 0. The summed E-state index contributed by atoms with van der Waals surface area (Å²) in [7, 11) is 0. The van der Waals surface area contributed by atoms with E-state index in [-0.39, 0.29) is 6.10 Å². The molecule has 0 fully saturated rings. The van der Waals surface area contributed by atoms with Crippen LogP contribution in [0.5, 0.6) is 0 Å². The Balaban J connectivity index is 4.20. The van der Waals surface area contributed by atoms with Crippen molar-refractivity contribution in [3.63, 3.8) is 0 Å². The summed E-state index contributed by atoms with van der Waals surface area (Å²) in [5, 5.41) is 17.4. The molecule has 0 aliphatic heterocycles. The van der Waals surface area contributed by atoms with E-state index in [0.29, 0.717) is 25.5 Å². The van der Waals surface area contributed by atoms with E-state index in [9.17, 15) is 14.4 Å². The van der Waals surface area contributed by atoms with Crippen LogP contribution in [0.15, 0.2) is 24.3 Å². The molecule has 0 saturated carbocycles. The Morgan fingerprint density at radius 3 is 1.01 bits per heavy atom. The predicted octanol–water partition coefficient (Wildman–Crippen LogP) is 18.2. The lowest BCUT2D eigenvalue weighted by atomic mass is 10.0. The van der Waals surface area contributed by atoms with Gasteiger partial charge in [-0.15, -0.1) is 0 Å². The number of nitrogens with zero attached hydrogens (tertiary/aromatic N) is 2. The Hall–Kier alpha value is -2.39. The van der Waals surface area contributed by atoms with E-state index in [0.717, 1.165) is 110 Å². The first-order valence-electron chi connectivity index (χ1n) is 30.2. The maximum atomic E-state index is 12.9. The smallest absolute Gasteiger partial charge is 0.481 e. The van der Waals surface area contributed by atoms with Crippen molar-refractivity contribution in [2.24, 2.45) is 0 Å². The van der Waals surface area contributed by atoms with Gasteiger partial charge in [-0.1, -0.05) is 205 Å². The molecule has 0 spiro atoms. The highest BCUT2D eigenvalue weighted by atomic mass is 16.7. The van der Waals surface area contributed by atoms with Crippen LogP contribution in [0, 0.1) is 0 Å². The van der Waals surface area contributed by atoms with E-state index in [2.05, 4.69) is 61.8 Å². The van der Waals surface area contributed by atoms with E-state index in [1.807, 2.05) is 0 Å². The second-order valence-electron chi connectivity index (χ2n) is 21.0. The van der Waals surface area contributed by atoms with Crippen molar-refractivity contribution in [3.05, 3.63) is 24.3 Å². The summed E-state index contributed by atoms with van der Waals surface area (Å²) in [4.78, 5) is 38.9. The molecule has 0 aromatic rings. The summed E-state index contributed by atoms with van der Waals surface area (Å²) < 4.78 is 11.7. The van der Waals surface area contributed by atoms with Crippen molar-refractivity contribution in [1.82, 2.24) is 9.80 Å². The molecular formula is C61H116N2O7. The fourth-order valence-corrected chi connectivity index (χ4v) is 9.53. The second-order valence-corrected chi connectivity index (χ2v) is 21.0. The van der Waals surface area contributed by atoms with Gasteiger partial charge in [-0.25, -0.2) is 4.79 Å². The molecule has 0 saturated heterocycles. The third-order valence-corrected chi connectivity index (χ3v) is 14.3. The van der Waals surface area contributed by atoms with Crippen LogP contribution in [-0.4, -0.2) is 89.6 Å². The number of rotatable bonds is 56. The fourth-order valence-electron chi connectivity index (χ4n) is 9.53. The SMILES string of the molecule is CCN(CC)CCN(CCOC(=O)OC(CCCCCCCCCCCCCC/C=C\CCCCCCCC(=O)O)CCCCCCCCCCCCCC/C=C\CCCCCCCC(=O)O)C(C)C. The number of carbonyl (C=O) groups excluding carboxylic acids is 1. The van der Waals surface area contributed by atoms with Crippen LogP contribution in [0.3, 0.4) is 0 Å². The van der Waals surface area contributed by atoms with Gasteiger partial charge in [0.25, 0.3) is 0 Å². The quantitative estimate of drug-likeness (QED) is 0.0349. The summed E-state index contributed by atoms with van der Waals surface area (Å²) in [6, 6.07) is 0.405. The number of unbranched alkanes of at least 4 members (excludes halogenated alkanes) is 34. The van der Waals surface area contributed by atoms with E-state index in [4.69, 9.17) is 19.7 Å². The van der Waals surface area contributed by atoms with Crippen LogP contribution >= 0.6 is 0 Å². The molecule has 0 rings (SSSR count). The van der Waals surface area contributed by atoms with E-state index in [1.54, 1.807) is 0 Å². The van der Waals surface area contributed by atoms with Crippen LogP contribution in [0.1, 0.15) is 297 Å².